The van der Waals surface area contributed by atoms with E-state index >= 15 is 0 Å². The lowest BCUT2D eigenvalue weighted by Crippen LogP contribution is -2.22. The molecular weight excluding hydrogens is 168 g/mol. The molecule has 0 heterocycles. The first-order valence-electron chi connectivity index (χ1n) is 4.74. The lowest BCUT2D eigenvalue weighted by Gasteiger charge is -2.04. The van der Waals surface area contributed by atoms with E-state index in [0.717, 1.165) is 32.6 Å². The van der Waals surface area contributed by atoms with Gasteiger partial charge < -0.3 is 15.4 Å². The second kappa shape index (κ2) is 9.48. The molecule has 0 unspecified atom stereocenters. The molecule has 0 saturated heterocycles. The van der Waals surface area contributed by atoms with Crippen LogP contribution in [0, 0.1) is 0 Å². The van der Waals surface area contributed by atoms with Crippen molar-refractivity contribution in [3.05, 3.63) is 0 Å². The average Bonchev–Trinajstić information content (AvgIpc) is 2.09. The summed E-state index contributed by atoms with van der Waals surface area (Å²) in [6, 6.07) is 0. The van der Waals surface area contributed by atoms with Crippen LogP contribution >= 0.6 is 0 Å². The third-order valence-corrected chi connectivity index (χ3v) is 1.55. The molecule has 1 amide bonds. The number of nitrogens with one attached hydrogen (secondary N) is 2. The van der Waals surface area contributed by atoms with Gasteiger partial charge in [-0.05, 0) is 26.4 Å². The summed E-state index contributed by atoms with van der Waals surface area (Å²) in [5, 5.41) is 5.76. The van der Waals surface area contributed by atoms with Gasteiger partial charge in [-0.25, -0.2) is 0 Å². The Hall–Kier alpha value is -0.610. The third-order valence-electron chi connectivity index (χ3n) is 1.55. The predicted molar refractivity (Wildman–Crippen MR) is 52.7 cm³/mol. The SMILES string of the molecule is CNCCCOCCCNC(C)=O. The van der Waals surface area contributed by atoms with Crippen LogP contribution in [-0.2, 0) is 9.53 Å². The topological polar surface area (TPSA) is 50.4 Å². The van der Waals surface area contributed by atoms with Gasteiger partial charge in [-0.3, -0.25) is 4.79 Å². The minimum absolute atomic E-state index is 0.0233. The van der Waals surface area contributed by atoms with E-state index in [1.165, 1.54) is 6.92 Å². The van der Waals surface area contributed by atoms with Gasteiger partial charge in [0, 0.05) is 26.7 Å². The predicted octanol–water partition coefficient (Wildman–Crippen LogP) is 0.139. The highest BCUT2D eigenvalue weighted by atomic mass is 16.5. The summed E-state index contributed by atoms with van der Waals surface area (Å²) in [6.45, 7) is 4.74. The molecule has 0 aromatic rings. The number of rotatable bonds is 8. The van der Waals surface area contributed by atoms with Crippen LogP contribution in [0.1, 0.15) is 19.8 Å². The van der Waals surface area contributed by atoms with E-state index < -0.39 is 0 Å². The molecule has 0 aliphatic carbocycles. The minimum Gasteiger partial charge on any atom is -0.381 e. The van der Waals surface area contributed by atoms with E-state index in [1.54, 1.807) is 0 Å². The van der Waals surface area contributed by atoms with Crippen molar-refractivity contribution in [2.24, 2.45) is 0 Å². The maximum atomic E-state index is 10.5. The minimum atomic E-state index is 0.0233. The normalized spacial score (nSPS) is 10.0. The summed E-state index contributed by atoms with van der Waals surface area (Å²) in [7, 11) is 1.93. The van der Waals surface area contributed by atoms with Crippen LogP contribution in [0.3, 0.4) is 0 Å². The highest BCUT2D eigenvalue weighted by Crippen LogP contribution is 1.84. The summed E-state index contributed by atoms with van der Waals surface area (Å²) in [5.74, 6) is 0.0233. The molecule has 0 saturated carbocycles. The smallest absolute Gasteiger partial charge is 0.216 e. The van der Waals surface area contributed by atoms with Crippen molar-refractivity contribution in [2.75, 3.05) is 33.4 Å². The largest absolute Gasteiger partial charge is 0.381 e. The molecule has 0 aromatic heterocycles. The number of hydrogen-bond acceptors (Lipinski definition) is 3. The number of hydrogen-bond donors (Lipinski definition) is 2. The van der Waals surface area contributed by atoms with Crippen molar-refractivity contribution in [3.8, 4) is 0 Å². The standard InChI is InChI=1S/C9H20N2O2/c1-9(12)11-6-4-8-13-7-3-5-10-2/h10H,3-8H2,1-2H3,(H,11,12). The molecular formula is C9H20N2O2. The molecule has 4 nitrogen and oxygen atoms in total. The Morgan fingerprint density at radius 3 is 2.38 bits per heavy atom. The highest BCUT2D eigenvalue weighted by molar-refractivity contribution is 5.72. The van der Waals surface area contributed by atoms with Crippen molar-refractivity contribution in [3.63, 3.8) is 0 Å². The van der Waals surface area contributed by atoms with Crippen LogP contribution in [0.15, 0.2) is 0 Å². The molecule has 4 heteroatoms. The van der Waals surface area contributed by atoms with Crippen LogP contribution in [0.25, 0.3) is 0 Å². The summed E-state index contributed by atoms with van der Waals surface area (Å²) in [6.07, 6.45) is 1.93. The van der Waals surface area contributed by atoms with Crippen LogP contribution in [0.5, 0.6) is 0 Å². The van der Waals surface area contributed by atoms with Gasteiger partial charge in [0.1, 0.15) is 0 Å². The van der Waals surface area contributed by atoms with Gasteiger partial charge >= 0.3 is 0 Å². The van der Waals surface area contributed by atoms with Gasteiger partial charge in [-0.15, -0.1) is 0 Å². The monoisotopic (exact) mass is 188 g/mol. The van der Waals surface area contributed by atoms with E-state index in [-0.39, 0.29) is 5.91 Å². The fourth-order valence-corrected chi connectivity index (χ4v) is 0.892. The third kappa shape index (κ3) is 11.4. The Labute approximate surface area is 80.0 Å². The van der Waals surface area contributed by atoms with Gasteiger partial charge in [-0.1, -0.05) is 0 Å². The summed E-state index contributed by atoms with van der Waals surface area (Å²) in [4.78, 5) is 10.5. The first-order valence-corrected chi connectivity index (χ1v) is 4.74. The van der Waals surface area contributed by atoms with E-state index in [2.05, 4.69) is 10.6 Å². The van der Waals surface area contributed by atoms with Crippen LogP contribution in [0.4, 0.5) is 0 Å². The molecule has 2 N–H and O–H groups in total. The molecule has 0 spiro atoms. The van der Waals surface area contributed by atoms with Gasteiger partial charge in [0.05, 0.1) is 0 Å². The molecule has 0 fully saturated rings. The van der Waals surface area contributed by atoms with Crippen LogP contribution in [-0.4, -0.2) is 39.3 Å². The molecule has 0 aliphatic heterocycles. The number of amides is 1. The fourth-order valence-electron chi connectivity index (χ4n) is 0.892. The van der Waals surface area contributed by atoms with Crippen molar-refractivity contribution < 1.29 is 9.53 Å². The number of ether oxygens (including phenoxy) is 1. The second-order valence-corrected chi connectivity index (χ2v) is 2.91. The van der Waals surface area contributed by atoms with E-state index in [4.69, 9.17) is 4.74 Å². The Balaban J connectivity index is 2.87. The summed E-state index contributed by atoms with van der Waals surface area (Å²) >= 11 is 0. The average molecular weight is 188 g/mol. The zero-order valence-corrected chi connectivity index (χ0v) is 8.56. The first-order chi connectivity index (χ1) is 6.27. The Morgan fingerprint density at radius 2 is 1.85 bits per heavy atom. The maximum Gasteiger partial charge on any atom is 0.216 e. The Kier molecular flexibility index (Phi) is 9.03. The molecule has 13 heavy (non-hydrogen) atoms. The Bertz CT molecular complexity index is 129. The zero-order chi connectivity index (χ0) is 9.94. The summed E-state index contributed by atoms with van der Waals surface area (Å²) in [5.41, 5.74) is 0. The second-order valence-electron chi connectivity index (χ2n) is 2.91. The lowest BCUT2D eigenvalue weighted by molar-refractivity contribution is -0.119. The van der Waals surface area contributed by atoms with Gasteiger partial charge in [0.2, 0.25) is 5.91 Å². The van der Waals surface area contributed by atoms with Crippen molar-refractivity contribution in [1.82, 2.24) is 10.6 Å². The first kappa shape index (κ1) is 12.4. The molecule has 0 aromatic carbocycles. The number of carbonyl (C=O) groups excluding carboxylic acids is 1. The fraction of sp³-hybridized carbons (Fsp3) is 0.889. The van der Waals surface area contributed by atoms with Gasteiger partial charge in [0.25, 0.3) is 0 Å². The quantitative estimate of drug-likeness (QED) is 0.533. The van der Waals surface area contributed by atoms with E-state index in [1.807, 2.05) is 7.05 Å². The summed E-state index contributed by atoms with van der Waals surface area (Å²) < 4.78 is 5.33. The highest BCUT2D eigenvalue weighted by Gasteiger charge is 1.91. The van der Waals surface area contributed by atoms with Crippen LogP contribution < -0.4 is 10.6 Å². The van der Waals surface area contributed by atoms with Crippen molar-refractivity contribution >= 4 is 5.91 Å². The number of carbonyl (C=O) groups is 1. The molecule has 0 radical (unpaired) electrons. The van der Waals surface area contributed by atoms with Crippen LogP contribution in [0.2, 0.25) is 0 Å². The Morgan fingerprint density at radius 1 is 1.23 bits per heavy atom. The van der Waals surface area contributed by atoms with Gasteiger partial charge in [-0.2, -0.15) is 0 Å². The molecule has 0 rings (SSSR count). The molecule has 78 valence electrons. The van der Waals surface area contributed by atoms with E-state index in [0.29, 0.717) is 6.54 Å². The lowest BCUT2D eigenvalue weighted by atomic mass is 10.4. The van der Waals surface area contributed by atoms with Crippen molar-refractivity contribution in [1.29, 1.82) is 0 Å². The maximum absolute atomic E-state index is 10.5. The van der Waals surface area contributed by atoms with Gasteiger partial charge in [0.15, 0.2) is 0 Å². The molecule has 0 aliphatic rings. The van der Waals surface area contributed by atoms with Crippen molar-refractivity contribution in [2.45, 2.75) is 19.8 Å². The molecule has 0 bridgehead atoms. The zero-order valence-electron chi connectivity index (χ0n) is 8.56. The molecule has 0 atom stereocenters. The van der Waals surface area contributed by atoms with E-state index in [9.17, 15) is 4.79 Å².